The smallest absolute Gasteiger partial charge is 0.126 e. The van der Waals surface area contributed by atoms with Gasteiger partial charge in [-0.05, 0) is 47.6 Å². The van der Waals surface area contributed by atoms with E-state index in [1.807, 2.05) is 24.3 Å². The maximum atomic E-state index is 13.2. The Kier molecular flexibility index (Phi) is 3.53. The van der Waals surface area contributed by atoms with Crippen LogP contribution in [-0.2, 0) is 0 Å². The molecule has 3 heteroatoms. The van der Waals surface area contributed by atoms with Crippen molar-refractivity contribution in [2.75, 3.05) is 0 Å². The Bertz CT molecular complexity index is 583. The Morgan fingerprint density at radius 3 is 2.00 bits per heavy atom. The molecule has 1 N–H and O–H groups in total. The molecule has 0 saturated heterocycles. The molecule has 1 aliphatic carbocycles. The summed E-state index contributed by atoms with van der Waals surface area (Å²) in [4.78, 5) is 0. The first kappa shape index (κ1) is 13.3. The van der Waals surface area contributed by atoms with Crippen LogP contribution in [0.25, 0.3) is 0 Å². The van der Waals surface area contributed by atoms with Crippen molar-refractivity contribution in [1.82, 2.24) is 0 Å². The first-order valence-corrected chi connectivity index (χ1v) is 6.87. The van der Waals surface area contributed by atoms with Crippen LogP contribution in [0.2, 0.25) is 0 Å². The van der Waals surface area contributed by atoms with E-state index in [9.17, 15) is 13.9 Å². The molecule has 0 heterocycles. The van der Waals surface area contributed by atoms with Crippen molar-refractivity contribution >= 4 is 0 Å². The summed E-state index contributed by atoms with van der Waals surface area (Å²) in [6.07, 6.45) is 2.71. The Morgan fingerprint density at radius 2 is 1.50 bits per heavy atom. The molecule has 3 rings (SSSR count). The summed E-state index contributed by atoms with van der Waals surface area (Å²) in [5.74, 6) is -0.719. The number of aliphatic hydroxyl groups is 1. The molecule has 1 atom stereocenters. The van der Waals surface area contributed by atoms with Gasteiger partial charge < -0.3 is 5.11 Å². The number of rotatable bonds is 3. The second kappa shape index (κ2) is 5.33. The van der Waals surface area contributed by atoms with Gasteiger partial charge in [-0.15, -0.1) is 0 Å². The highest BCUT2D eigenvalue weighted by Gasteiger charge is 2.20. The highest BCUT2D eigenvalue weighted by molar-refractivity contribution is 5.33. The third-order valence-electron chi connectivity index (χ3n) is 4.03. The molecule has 0 spiro atoms. The number of aliphatic hydroxyl groups excluding tert-OH is 1. The average Bonchev–Trinajstić information content (AvgIpc) is 2.35. The Balaban J connectivity index is 1.83. The molecule has 1 aliphatic rings. The van der Waals surface area contributed by atoms with E-state index in [1.54, 1.807) is 0 Å². The Hall–Kier alpha value is -1.74. The zero-order valence-electron chi connectivity index (χ0n) is 11.0. The van der Waals surface area contributed by atoms with E-state index < -0.39 is 17.7 Å². The molecule has 0 aliphatic heterocycles. The van der Waals surface area contributed by atoms with Crippen molar-refractivity contribution in [2.45, 2.75) is 31.3 Å². The molecule has 104 valence electrons. The van der Waals surface area contributed by atoms with E-state index in [0.29, 0.717) is 11.5 Å². The van der Waals surface area contributed by atoms with Crippen molar-refractivity contribution in [2.24, 2.45) is 0 Å². The molecule has 0 aromatic heterocycles. The van der Waals surface area contributed by atoms with Gasteiger partial charge in [0.05, 0.1) is 0 Å². The maximum Gasteiger partial charge on any atom is 0.126 e. The van der Waals surface area contributed by atoms with Gasteiger partial charge in [0.15, 0.2) is 0 Å². The first-order valence-electron chi connectivity index (χ1n) is 6.87. The fourth-order valence-corrected chi connectivity index (χ4v) is 2.62. The van der Waals surface area contributed by atoms with Crippen LogP contribution in [0.3, 0.4) is 0 Å². The predicted molar refractivity (Wildman–Crippen MR) is 73.5 cm³/mol. The summed E-state index contributed by atoms with van der Waals surface area (Å²) in [5, 5.41) is 10.2. The lowest BCUT2D eigenvalue weighted by Crippen LogP contribution is -2.09. The molecule has 0 amide bonds. The van der Waals surface area contributed by atoms with Crippen molar-refractivity contribution in [3.63, 3.8) is 0 Å². The fraction of sp³-hybridized carbons (Fsp3) is 0.294. The number of benzene rings is 2. The summed E-state index contributed by atoms with van der Waals surface area (Å²) in [7, 11) is 0. The van der Waals surface area contributed by atoms with Gasteiger partial charge in [-0.3, -0.25) is 0 Å². The minimum atomic E-state index is -1.00. The van der Waals surface area contributed by atoms with Crippen LogP contribution < -0.4 is 0 Å². The molecule has 1 nitrogen and oxygen atoms in total. The average molecular weight is 274 g/mol. The lowest BCUT2D eigenvalue weighted by molar-refractivity contribution is 0.219. The summed E-state index contributed by atoms with van der Waals surface area (Å²) in [6.45, 7) is 0. The third kappa shape index (κ3) is 2.59. The van der Waals surface area contributed by atoms with E-state index in [4.69, 9.17) is 0 Å². The molecule has 1 fully saturated rings. The van der Waals surface area contributed by atoms with Crippen LogP contribution >= 0.6 is 0 Å². The summed E-state index contributed by atoms with van der Waals surface area (Å²) in [6, 6.07) is 10.8. The van der Waals surface area contributed by atoms with Gasteiger partial charge in [-0.1, -0.05) is 30.7 Å². The minimum Gasteiger partial charge on any atom is -0.384 e. The summed E-state index contributed by atoms with van der Waals surface area (Å²) < 4.78 is 26.4. The van der Waals surface area contributed by atoms with E-state index in [2.05, 4.69) is 0 Å². The number of hydrogen-bond acceptors (Lipinski definition) is 1. The van der Waals surface area contributed by atoms with Crippen LogP contribution in [0, 0.1) is 11.6 Å². The summed E-state index contributed by atoms with van der Waals surface area (Å²) >= 11 is 0. The predicted octanol–water partition coefficient (Wildman–Crippen LogP) is 4.31. The minimum absolute atomic E-state index is 0.235. The third-order valence-corrected chi connectivity index (χ3v) is 4.03. The molecule has 0 radical (unpaired) electrons. The second-order valence-electron chi connectivity index (χ2n) is 5.40. The van der Waals surface area contributed by atoms with Gasteiger partial charge in [-0.2, -0.15) is 0 Å². The molecule has 2 aromatic carbocycles. The van der Waals surface area contributed by atoms with Gasteiger partial charge in [0.2, 0.25) is 0 Å². The lowest BCUT2D eigenvalue weighted by Gasteiger charge is -2.26. The van der Waals surface area contributed by atoms with Gasteiger partial charge in [0, 0.05) is 6.07 Å². The van der Waals surface area contributed by atoms with Crippen LogP contribution in [0.5, 0.6) is 0 Å². The van der Waals surface area contributed by atoms with Gasteiger partial charge in [0.1, 0.15) is 17.7 Å². The van der Waals surface area contributed by atoms with Crippen LogP contribution in [0.15, 0.2) is 42.5 Å². The maximum absolute atomic E-state index is 13.2. The van der Waals surface area contributed by atoms with Crippen molar-refractivity contribution in [3.05, 3.63) is 70.8 Å². The lowest BCUT2D eigenvalue weighted by atomic mass is 9.80. The van der Waals surface area contributed by atoms with Crippen LogP contribution in [0.4, 0.5) is 8.78 Å². The second-order valence-corrected chi connectivity index (χ2v) is 5.40. The zero-order chi connectivity index (χ0) is 14.1. The van der Waals surface area contributed by atoms with Crippen LogP contribution in [0.1, 0.15) is 48.0 Å². The molecule has 1 unspecified atom stereocenters. The number of halogens is 2. The van der Waals surface area contributed by atoms with Crippen molar-refractivity contribution in [1.29, 1.82) is 0 Å². The van der Waals surface area contributed by atoms with E-state index in [-0.39, 0.29) is 5.56 Å². The zero-order valence-corrected chi connectivity index (χ0v) is 11.0. The first-order chi connectivity index (χ1) is 9.63. The molecule has 1 saturated carbocycles. The van der Waals surface area contributed by atoms with Crippen LogP contribution in [-0.4, -0.2) is 5.11 Å². The Morgan fingerprint density at radius 1 is 0.900 bits per heavy atom. The normalized spacial score (nSPS) is 16.8. The van der Waals surface area contributed by atoms with Crippen molar-refractivity contribution in [3.8, 4) is 0 Å². The molecule has 20 heavy (non-hydrogen) atoms. The SMILES string of the molecule is OC(c1ccc(C2CCC2)cc1)c1cc(F)cc(F)c1. The fourth-order valence-electron chi connectivity index (χ4n) is 2.62. The van der Waals surface area contributed by atoms with Crippen molar-refractivity contribution < 1.29 is 13.9 Å². The van der Waals surface area contributed by atoms with E-state index in [1.165, 1.54) is 24.8 Å². The summed E-state index contributed by atoms with van der Waals surface area (Å²) in [5.41, 5.74) is 2.16. The molecule has 0 bridgehead atoms. The highest BCUT2D eigenvalue weighted by Crippen LogP contribution is 2.36. The molecular formula is C17H16F2O. The molecular weight excluding hydrogens is 258 g/mol. The highest BCUT2D eigenvalue weighted by atomic mass is 19.1. The monoisotopic (exact) mass is 274 g/mol. The topological polar surface area (TPSA) is 20.2 Å². The number of hydrogen-bond donors (Lipinski definition) is 1. The van der Waals surface area contributed by atoms with Gasteiger partial charge in [0.25, 0.3) is 0 Å². The standard InChI is InChI=1S/C17H16F2O/c18-15-8-14(9-16(19)10-15)17(20)13-6-4-12(5-7-13)11-2-1-3-11/h4-11,17,20H,1-3H2. The Labute approximate surface area is 116 Å². The van der Waals surface area contributed by atoms with E-state index >= 15 is 0 Å². The largest absolute Gasteiger partial charge is 0.384 e. The quantitative estimate of drug-likeness (QED) is 0.884. The van der Waals surface area contributed by atoms with Gasteiger partial charge >= 0.3 is 0 Å². The molecule has 2 aromatic rings. The van der Waals surface area contributed by atoms with Gasteiger partial charge in [-0.25, -0.2) is 8.78 Å². The van der Waals surface area contributed by atoms with E-state index in [0.717, 1.165) is 18.2 Å².